The Morgan fingerprint density at radius 1 is 1.42 bits per heavy atom. The molecule has 2 aromatic heterocycles. The van der Waals surface area contributed by atoms with Crippen LogP contribution in [0.2, 0.25) is 0 Å². The van der Waals surface area contributed by atoms with Crippen molar-refractivity contribution in [2.24, 2.45) is 0 Å². The first-order chi connectivity index (χ1) is 9.08. The van der Waals surface area contributed by atoms with Crippen molar-refractivity contribution in [3.05, 3.63) is 42.1 Å². The van der Waals surface area contributed by atoms with Crippen LogP contribution in [0.15, 0.2) is 35.0 Å². The molecule has 0 aliphatic carbocycles. The summed E-state index contributed by atoms with van der Waals surface area (Å²) in [5.74, 6) is -0.566. The molecular formula is C13H15N3O3. The lowest BCUT2D eigenvalue weighted by atomic mass is 10.3. The summed E-state index contributed by atoms with van der Waals surface area (Å²) < 4.78 is 5.17. The number of hydrogen-bond donors (Lipinski definition) is 2. The third kappa shape index (κ3) is 3.04. The number of furan rings is 1. The van der Waals surface area contributed by atoms with Crippen molar-refractivity contribution < 1.29 is 14.3 Å². The molecule has 0 atom stereocenters. The Hall–Kier alpha value is -2.50. The quantitative estimate of drug-likeness (QED) is 0.857. The van der Waals surface area contributed by atoms with Gasteiger partial charge in [0.1, 0.15) is 5.76 Å². The number of hydrogen-bond acceptors (Lipinski definition) is 5. The van der Waals surface area contributed by atoms with Crippen LogP contribution < -0.4 is 10.2 Å². The Balaban J connectivity index is 2.08. The fourth-order valence-electron chi connectivity index (χ4n) is 1.68. The molecule has 0 saturated heterocycles. The van der Waals surface area contributed by atoms with E-state index in [4.69, 9.17) is 9.52 Å². The molecule has 2 rings (SSSR count). The fourth-order valence-corrected chi connectivity index (χ4v) is 1.68. The average Bonchev–Trinajstić information content (AvgIpc) is 2.85. The zero-order valence-corrected chi connectivity index (χ0v) is 10.8. The van der Waals surface area contributed by atoms with Crippen LogP contribution in [-0.2, 0) is 6.54 Å². The van der Waals surface area contributed by atoms with Crippen LogP contribution in [0.25, 0.3) is 0 Å². The number of carboxylic acid groups (broad SMARTS) is 1. The molecule has 0 radical (unpaired) electrons. The maximum atomic E-state index is 10.7. The highest BCUT2D eigenvalue weighted by Crippen LogP contribution is 2.23. The van der Waals surface area contributed by atoms with Crippen LogP contribution in [0.4, 0.5) is 11.4 Å². The number of carbonyl (C=O) groups is 1. The van der Waals surface area contributed by atoms with E-state index in [2.05, 4.69) is 10.3 Å². The van der Waals surface area contributed by atoms with Crippen LogP contribution in [0.5, 0.6) is 0 Å². The Morgan fingerprint density at radius 2 is 2.21 bits per heavy atom. The van der Waals surface area contributed by atoms with Gasteiger partial charge in [-0.2, -0.15) is 0 Å². The van der Waals surface area contributed by atoms with E-state index >= 15 is 0 Å². The first-order valence-corrected chi connectivity index (χ1v) is 5.75. The molecule has 19 heavy (non-hydrogen) atoms. The molecule has 0 aromatic carbocycles. The van der Waals surface area contributed by atoms with Gasteiger partial charge in [0.05, 0.1) is 24.1 Å². The number of aromatic carboxylic acids is 1. The highest BCUT2D eigenvalue weighted by Gasteiger charge is 2.09. The van der Waals surface area contributed by atoms with Crippen molar-refractivity contribution in [1.29, 1.82) is 0 Å². The third-order valence-electron chi connectivity index (χ3n) is 2.61. The van der Waals surface area contributed by atoms with Gasteiger partial charge in [-0.3, -0.25) is 4.98 Å². The molecule has 0 saturated carbocycles. The van der Waals surface area contributed by atoms with Gasteiger partial charge >= 0.3 is 5.97 Å². The van der Waals surface area contributed by atoms with Crippen LogP contribution >= 0.6 is 0 Å². The lowest BCUT2D eigenvalue weighted by Crippen LogP contribution is -2.12. The van der Waals surface area contributed by atoms with Gasteiger partial charge in [-0.05, 0) is 18.2 Å². The van der Waals surface area contributed by atoms with Crippen LogP contribution in [0.1, 0.15) is 16.3 Å². The molecule has 0 aliphatic rings. The minimum absolute atomic E-state index is 0.0594. The summed E-state index contributed by atoms with van der Waals surface area (Å²) >= 11 is 0. The monoisotopic (exact) mass is 261 g/mol. The standard InChI is InChI=1S/C13H15N3O3/c1-16(2)11-5-6-14-8-10(11)15-7-9-3-4-12(19-9)13(17)18/h3-6,8,15H,7H2,1-2H3,(H,17,18). The lowest BCUT2D eigenvalue weighted by molar-refractivity contribution is 0.0660. The fraction of sp³-hybridized carbons (Fsp3) is 0.231. The summed E-state index contributed by atoms with van der Waals surface area (Å²) in [7, 11) is 3.88. The summed E-state index contributed by atoms with van der Waals surface area (Å²) in [6, 6.07) is 4.98. The second-order valence-electron chi connectivity index (χ2n) is 4.21. The lowest BCUT2D eigenvalue weighted by Gasteiger charge is -2.17. The highest BCUT2D eigenvalue weighted by molar-refractivity contribution is 5.84. The van der Waals surface area contributed by atoms with Crippen molar-refractivity contribution in [3.63, 3.8) is 0 Å². The van der Waals surface area contributed by atoms with Crippen molar-refractivity contribution in [2.45, 2.75) is 6.54 Å². The summed E-state index contributed by atoms with van der Waals surface area (Å²) in [4.78, 5) is 16.7. The molecule has 2 aromatic rings. The Labute approximate surface area is 110 Å². The second kappa shape index (κ2) is 5.43. The van der Waals surface area contributed by atoms with Gasteiger partial charge in [0.25, 0.3) is 0 Å². The smallest absolute Gasteiger partial charge is 0.371 e. The Kier molecular flexibility index (Phi) is 3.70. The Morgan fingerprint density at radius 3 is 2.84 bits per heavy atom. The molecule has 2 N–H and O–H groups in total. The first kappa shape index (κ1) is 12.9. The predicted octanol–water partition coefficient (Wildman–Crippen LogP) is 2.05. The topological polar surface area (TPSA) is 78.6 Å². The van der Waals surface area contributed by atoms with Crippen molar-refractivity contribution in [2.75, 3.05) is 24.3 Å². The van der Waals surface area contributed by atoms with E-state index in [-0.39, 0.29) is 5.76 Å². The van der Waals surface area contributed by atoms with E-state index in [1.165, 1.54) is 6.07 Å². The molecule has 6 heteroatoms. The molecular weight excluding hydrogens is 246 g/mol. The number of aromatic nitrogens is 1. The van der Waals surface area contributed by atoms with Gasteiger partial charge in [-0.15, -0.1) is 0 Å². The van der Waals surface area contributed by atoms with E-state index in [1.54, 1.807) is 18.5 Å². The number of pyridine rings is 1. The van der Waals surface area contributed by atoms with Crippen molar-refractivity contribution in [1.82, 2.24) is 4.98 Å². The maximum Gasteiger partial charge on any atom is 0.371 e. The zero-order valence-electron chi connectivity index (χ0n) is 10.8. The summed E-state index contributed by atoms with van der Waals surface area (Å²) in [6.07, 6.45) is 3.44. The van der Waals surface area contributed by atoms with Crippen LogP contribution in [-0.4, -0.2) is 30.2 Å². The zero-order chi connectivity index (χ0) is 13.8. The minimum atomic E-state index is -1.07. The van der Waals surface area contributed by atoms with Crippen molar-refractivity contribution in [3.8, 4) is 0 Å². The van der Waals surface area contributed by atoms with E-state index in [1.807, 2.05) is 25.1 Å². The molecule has 2 heterocycles. The second-order valence-corrected chi connectivity index (χ2v) is 4.21. The molecule has 0 aliphatic heterocycles. The van der Waals surface area contributed by atoms with E-state index in [0.29, 0.717) is 12.3 Å². The summed E-state index contributed by atoms with van der Waals surface area (Å²) in [5, 5.41) is 11.9. The van der Waals surface area contributed by atoms with E-state index in [0.717, 1.165) is 11.4 Å². The summed E-state index contributed by atoms with van der Waals surface area (Å²) in [5.41, 5.74) is 1.86. The molecule has 0 bridgehead atoms. The Bertz CT molecular complexity index is 578. The van der Waals surface area contributed by atoms with Gasteiger partial charge in [0, 0.05) is 20.3 Å². The maximum absolute atomic E-state index is 10.7. The SMILES string of the molecule is CN(C)c1ccncc1NCc1ccc(C(=O)O)o1. The molecule has 0 amide bonds. The van der Waals surface area contributed by atoms with E-state index in [9.17, 15) is 4.79 Å². The largest absolute Gasteiger partial charge is 0.475 e. The van der Waals surface area contributed by atoms with Crippen LogP contribution in [0.3, 0.4) is 0 Å². The van der Waals surface area contributed by atoms with Gasteiger partial charge in [-0.1, -0.05) is 0 Å². The van der Waals surface area contributed by atoms with Crippen LogP contribution in [0, 0.1) is 0 Å². The highest BCUT2D eigenvalue weighted by atomic mass is 16.4. The van der Waals surface area contributed by atoms with Gasteiger partial charge in [0.15, 0.2) is 0 Å². The van der Waals surface area contributed by atoms with Gasteiger partial charge < -0.3 is 19.7 Å². The first-order valence-electron chi connectivity index (χ1n) is 5.75. The van der Waals surface area contributed by atoms with E-state index < -0.39 is 5.97 Å². The third-order valence-corrected chi connectivity index (χ3v) is 2.61. The normalized spacial score (nSPS) is 10.2. The average molecular weight is 261 g/mol. The number of rotatable bonds is 5. The molecule has 0 unspecified atom stereocenters. The summed E-state index contributed by atoms with van der Waals surface area (Å²) in [6.45, 7) is 0.403. The molecule has 0 fully saturated rings. The molecule has 6 nitrogen and oxygen atoms in total. The van der Waals surface area contributed by atoms with Gasteiger partial charge in [0.2, 0.25) is 5.76 Å². The van der Waals surface area contributed by atoms with Crippen molar-refractivity contribution >= 4 is 17.3 Å². The number of carboxylic acids is 1. The molecule has 100 valence electrons. The number of nitrogens with one attached hydrogen (secondary N) is 1. The minimum Gasteiger partial charge on any atom is -0.475 e. The van der Waals surface area contributed by atoms with Gasteiger partial charge in [-0.25, -0.2) is 4.79 Å². The number of anilines is 2. The predicted molar refractivity (Wildman–Crippen MR) is 71.6 cm³/mol. The number of nitrogens with zero attached hydrogens (tertiary/aromatic N) is 2. The molecule has 0 spiro atoms.